The number of benzene rings is 2. The molecule has 0 fully saturated rings. The van der Waals surface area contributed by atoms with Crippen LogP contribution in [-0.2, 0) is 6.42 Å². The molecule has 0 saturated heterocycles. The summed E-state index contributed by atoms with van der Waals surface area (Å²) < 4.78 is 0. The lowest BCUT2D eigenvalue weighted by molar-refractivity contribution is 0.288. The number of aromatic nitrogens is 1. The van der Waals surface area contributed by atoms with Crippen LogP contribution in [-0.4, -0.2) is 21.8 Å². The summed E-state index contributed by atoms with van der Waals surface area (Å²) in [5, 5.41) is 21.2. The maximum absolute atomic E-state index is 9.96. The fraction of sp³-hybridized carbons (Fsp3) is 0.200. The zero-order chi connectivity index (χ0) is 12.5. The zero-order valence-electron chi connectivity index (χ0n) is 9.98. The third-order valence-electron chi connectivity index (χ3n) is 3.35. The van der Waals surface area contributed by atoms with Crippen LogP contribution in [0.5, 0.6) is 5.75 Å². The second kappa shape index (κ2) is 4.35. The molecule has 3 N–H and O–H groups in total. The number of aromatic hydroxyl groups is 1. The van der Waals surface area contributed by atoms with Crippen LogP contribution in [0.1, 0.15) is 12.0 Å². The molecule has 1 heterocycles. The van der Waals surface area contributed by atoms with Crippen LogP contribution >= 0.6 is 0 Å². The molecule has 1 aromatic heterocycles. The van der Waals surface area contributed by atoms with E-state index in [1.807, 2.05) is 24.3 Å². The van der Waals surface area contributed by atoms with E-state index in [1.54, 1.807) is 6.07 Å². The average molecular weight is 241 g/mol. The number of nitrogens with one attached hydrogen (secondary N) is 1. The lowest BCUT2D eigenvalue weighted by Crippen LogP contribution is -1.91. The van der Waals surface area contributed by atoms with Crippen LogP contribution < -0.4 is 0 Å². The molecule has 0 radical (unpaired) electrons. The summed E-state index contributed by atoms with van der Waals surface area (Å²) in [6.45, 7) is 0.135. The number of aromatic amines is 1. The minimum absolute atomic E-state index is 0.135. The number of hydrogen-bond donors (Lipinski definition) is 3. The van der Waals surface area contributed by atoms with Crippen LogP contribution in [0, 0.1) is 0 Å². The molecule has 0 bridgehead atoms. The summed E-state index contributed by atoms with van der Waals surface area (Å²) in [5.74, 6) is 0.294. The first kappa shape index (κ1) is 11.1. The Morgan fingerprint density at radius 3 is 2.67 bits per heavy atom. The third-order valence-corrected chi connectivity index (χ3v) is 3.35. The summed E-state index contributed by atoms with van der Waals surface area (Å²) in [6, 6.07) is 11.8. The van der Waals surface area contributed by atoms with Crippen molar-refractivity contribution in [2.75, 3.05) is 6.61 Å². The van der Waals surface area contributed by atoms with Gasteiger partial charge >= 0.3 is 0 Å². The predicted octanol–water partition coefficient (Wildman–Crippen LogP) is 2.95. The average Bonchev–Trinajstić information content (AvgIpc) is 2.76. The van der Waals surface area contributed by atoms with Crippen molar-refractivity contribution in [2.24, 2.45) is 0 Å². The molecule has 0 saturated carbocycles. The molecule has 0 atom stereocenters. The molecule has 0 aliphatic heterocycles. The SMILES string of the molecule is OCCCc1c(O)ccc2c1[nH]c1ccccc12. The van der Waals surface area contributed by atoms with E-state index in [-0.39, 0.29) is 6.61 Å². The van der Waals surface area contributed by atoms with Crippen molar-refractivity contribution in [3.63, 3.8) is 0 Å². The molecule has 0 spiro atoms. The van der Waals surface area contributed by atoms with Crippen molar-refractivity contribution in [2.45, 2.75) is 12.8 Å². The lowest BCUT2D eigenvalue weighted by atomic mass is 10.0. The Kier molecular flexibility index (Phi) is 2.68. The van der Waals surface area contributed by atoms with E-state index in [0.29, 0.717) is 18.6 Å². The molecule has 0 unspecified atom stereocenters. The van der Waals surface area contributed by atoms with E-state index in [9.17, 15) is 5.11 Å². The number of fused-ring (bicyclic) bond motifs is 3. The molecule has 0 amide bonds. The fourth-order valence-corrected chi connectivity index (χ4v) is 2.47. The van der Waals surface area contributed by atoms with Crippen LogP contribution in [0.15, 0.2) is 36.4 Å². The van der Waals surface area contributed by atoms with Crippen LogP contribution in [0.25, 0.3) is 21.8 Å². The Hall–Kier alpha value is -2.00. The minimum Gasteiger partial charge on any atom is -0.508 e. The Balaban J connectivity index is 2.29. The largest absolute Gasteiger partial charge is 0.508 e. The van der Waals surface area contributed by atoms with Crippen LogP contribution in [0.2, 0.25) is 0 Å². The lowest BCUT2D eigenvalue weighted by Gasteiger charge is -2.05. The van der Waals surface area contributed by atoms with Gasteiger partial charge in [-0.05, 0) is 31.0 Å². The second-order valence-corrected chi connectivity index (χ2v) is 4.48. The van der Waals surface area contributed by atoms with Gasteiger partial charge in [0.1, 0.15) is 5.75 Å². The topological polar surface area (TPSA) is 56.2 Å². The number of aliphatic hydroxyl groups excluding tert-OH is 1. The smallest absolute Gasteiger partial charge is 0.120 e. The molecule has 18 heavy (non-hydrogen) atoms. The highest BCUT2D eigenvalue weighted by molar-refractivity contribution is 6.08. The Bertz CT molecular complexity index is 700. The number of H-pyrrole nitrogens is 1. The van der Waals surface area contributed by atoms with Crippen molar-refractivity contribution in [3.8, 4) is 5.75 Å². The van der Waals surface area contributed by atoms with E-state index in [0.717, 1.165) is 27.4 Å². The number of para-hydroxylation sites is 1. The van der Waals surface area contributed by atoms with Gasteiger partial charge in [-0.15, -0.1) is 0 Å². The zero-order valence-corrected chi connectivity index (χ0v) is 9.98. The summed E-state index contributed by atoms with van der Waals surface area (Å²) in [7, 11) is 0. The van der Waals surface area contributed by atoms with Gasteiger partial charge in [0.25, 0.3) is 0 Å². The van der Waals surface area contributed by atoms with Gasteiger partial charge < -0.3 is 15.2 Å². The number of aryl methyl sites for hydroxylation is 1. The molecule has 0 aliphatic carbocycles. The molecule has 3 rings (SSSR count). The quantitative estimate of drug-likeness (QED) is 0.660. The number of phenolic OH excluding ortho intramolecular Hbond substituents is 1. The van der Waals surface area contributed by atoms with E-state index < -0.39 is 0 Å². The van der Waals surface area contributed by atoms with Crippen molar-refractivity contribution < 1.29 is 10.2 Å². The second-order valence-electron chi connectivity index (χ2n) is 4.48. The van der Waals surface area contributed by atoms with Crippen molar-refractivity contribution >= 4 is 21.8 Å². The van der Waals surface area contributed by atoms with Gasteiger partial charge in [-0.1, -0.05) is 18.2 Å². The molecule has 3 heteroatoms. The number of aliphatic hydroxyl groups is 1. The van der Waals surface area contributed by atoms with Crippen LogP contribution in [0.3, 0.4) is 0 Å². The minimum atomic E-state index is 0.135. The van der Waals surface area contributed by atoms with Gasteiger partial charge in [0.05, 0.1) is 5.52 Å². The van der Waals surface area contributed by atoms with E-state index in [4.69, 9.17) is 5.11 Å². The molecule has 2 aromatic carbocycles. The van der Waals surface area contributed by atoms with Gasteiger partial charge in [0, 0.05) is 28.5 Å². The first-order chi connectivity index (χ1) is 8.81. The summed E-state index contributed by atoms with van der Waals surface area (Å²) in [5.41, 5.74) is 2.94. The summed E-state index contributed by atoms with van der Waals surface area (Å²) >= 11 is 0. The molecule has 3 nitrogen and oxygen atoms in total. The van der Waals surface area contributed by atoms with Crippen molar-refractivity contribution in [1.29, 1.82) is 0 Å². The normalized spacial score (nSPS) is 11.4. The summed E-state index contributed by atoms with van der Waals surface area (Å²) in [4.78, 5) is 3.35. The Labute approximate surface area is 105 Å². The number of phenols is 1. The van der Waals surface area contributed by atoms with Gasteiger partial charge in [-0.25, -0.2) is 0 Å². The number of rotatable bonds is 3. The van der Waals surface area contributed by atoms with E-state index in [1.165, 1.54) is 0 Å². The molecule has 0 aliphatic rings. The molecular formula is C15H15NO2. The molecule has 92 valence electrons. The third kappa shape index (κ3) is 1.64. The Morgan fingerprint density at radius 1 is 1.00 bits per heavy atom. The fourth-order valence-electron chi connectivity index (χ4n) is 2.47. The van der Waals surface area contributed by atoms with Crippen molar-refractivity contribution in [1.82, 2.24) is 4.98 Å². The highest BCUT2D eigenvalue weighted by atomic mass is 16.3. The maximum Gasteiger partial charge on any atom is 0.120 e. The molecule has 3 aromatic rings. The van der Waals surface area contributed by atoms with Crippen LogP contribution in [0.4, 0.5) is 0 Å². The Morgan fingerprint density at radius 2 is 1.83 bits per heavy atom. The van der Waals surface area contributed by atoms with Gasteiger partial charge in [-0.2, -0.15) is 0 Å². The predicted molar refractivity (Wildman–Crippen MR) is 72.9 cm³/mol. The van der Waals surface area contributed by atoms with E-state index in [2.05, 4.69) is 11.1 Å². The van der Waals surface area contributed by atoms with E-state index >= 15 is 0 Å². The summed E-state index contributed by atoms with van der Waals surface area (Å²) in [6.07, 6.45) is 1.33. The standard InChI is InChI=1S/C15H15NO2/c17-9-3-5-12-14(18)8-7-11-10-4-1-2-6-13(10)16-15(11)12/h1-2,4,6-8,16-18H,3,5,9H2. The molecular weight excluding hydrogens is 226 g/mol. The van der Waals surface area contributed by atoms with Gasteiger partial charge in [0.15, 0.2) is 0 Å². The van der Waals surface area contributed by atoms with Gasteiger partial charge in [-0.3, -0.25) is 0 Å². The first-order valence-corrected chi connectivity index (χ1v) is 6.13. The van der Waals surface area contributed by atoms with Gasteiger partial charge in [0.2, 0.25) is 0 Å². The number of hydrogen-bond acceptors (Lipinski definition) is 2. The maximum atomic E-state index is 9.96. The van der Waals surface area contributed by atoms with Crippen molar-refractivity contribution in [3.05, 3.63) is 42.0 Å². The monoisotopic (exact) mass is 241 g/mol. The first-order valence-electron chi connectivity index (χ1n) is 6.13. The highest BCUT2D eigenvalue weighted by Gasteiger charge is 2.11. The highest BCUT2D eigenvalue weighted by Crippen LogP contribution is 2.32.